The summed E-state index contributed by atoms with van der Waals surface area (Å²) in [6.07, 6.45) is 5.61. The molecule has 1 aromatic carbocycles. The Balaban J connectivity index is 1.83. The Morgan fingerprint density at radius 1 is 0.958 bits per heavy atom. The van der Waals surface area contributed by atoms with E-state index in [0.29, 0.717) is 0 Å². The van der Waals surface area contributed by atoms with Crippen molar-refractivity contribution >= 4 is 0 Å². The third-order valence-corrected chi connectivity index (χ3v) is 3.87. The first-order valence-corrected chi connectivity index (χ1v) is 7.65. The van der Waals surface area contributed by atoms with Crippen molar-refractivity contribution < 1.29 is 0 Å². The minimum atomic E-state index is 0.726. The largest absolute Gasteiger partial charge is 0.278 e. The van der Waals surface area contributed by atoms with Gasteiger partial charge in [-0.15, -0.1) is 10.2 Å². The zero-order valence-corrected chi connectivity index (χ0v) is 13.5. The van der Waals surface area contributed by atoms with Gasteiger partial charge in [0.05, 0.1) is 6.20 Å². The van der Waals surface area contributed by atoms with Gasteiger partial charge in [0, 0.05) is 30.7 Å². The quantitative estimate of drug-likeness (QED) is 0.583. The average Bonchev–Trinajstić information content (AvgIpc) is 3.22. The highest BCUT2D eigenvalue weighted by atomic mass is 15.3. The molecule has 6 heteroatoms. The molecule has 0 aliphatic heterocycles. The lowest BCUT2D eigenvalue weighted by atomic mass is 10.1. The molecule has 0 aliphatic carbocycles. The summed E-state index contributed by atoms with van der Waals surface area (Å²) in [5.74, 6) is 1.55. The van der Waals surface area contributed by atoms with Crippen molar-refractivity contribution in [3.05, 3.63) is 66.9 Å². The van der Waals surface area contributed by atoms with Crippen LogP contribution < -0.4 is 0 Å². The maximum Gasteiger partial charge on any atom is 0.187 e. The number of hydrogen-bond acceptors (Lipinski definition) is 4. The molecular weight excluding hydrogens is 300 g/mol. The smallest absolute Gasteiger partial charge is 0.187 e. The fourth-order valence-electron chi connectivity index (χ4n) is 2.72. The van der Waals surface area contributed by atoms with E-state index in [0.717, 1.165) is 34.2 Å². The summed E-state index contributed by atoms with van der Waals surface area (Å²) in [5, 5.41) is 12.8. The van der Waals surface area contributed by atoms with Crippen LogP contribution in [-0.2, 0) is 7.05 Å². The van der Waals surface area contributed by atoms with Gasteiger partial charge in [-0.1, -0.05) is 18.2 Å². The van der Waals surface area contributed by atoms with Crippen molar-refractivity contribution in [3.63, 3.8) is 0 Å². The van der Waals surface area contributed by atoms with Crippen LogP contribution in [0.4, 0.5) is 0 Å². The number of hydrogen-bond donors (Lipinski definition) is 0. The molecule has 0 spiro atoms. The van der Waals surface area contributed by atoms with Crippen LogP contribution in [0.2, 0.25) is 0 Å². The van der Waals surface area contributed by atoms with E-state index in [9.17, 15) is 0 Å². The molecule has 24 heavy (non-hydrogen) atoms. The number of rotatable bonds is 3. The van der Waals surface area contributed by atoms with Crippen LogP contribution in [0.1, 0.15) is 5.82 Å². The Morgan fingerprint density at radius 2 is 1.79 bits per heavy atom. The van der Waals surface area contributed by atoms with Gasteiger partial charge in [0.25, 0.3) is 0 Å². The molecule has 0 unspecified atom stereocenters. The van der Waals surface area contributed by atoms with Gasteiger partial charge in [-0.3, -0.25) is 14.2 Å². The number of para-hydroxylation sites is 1. The first-order valence-electron chi connectivity index (χ1n) is 7.65. The highest BCUT2D eigenvalue weighted by molar-refractivity contribution is 5.67. The van der Waals surface area contributed by atoms with E-state index in [4.69, 9.17) is 0 Å². The summed E-state index contributed by atoms with van der Waals surface area (Å²) in [6, 6.07) is 14.0. The summed E-state index contributed by atoms with van der Waals surface area (Å²) >= 11 is 0. The second-order valence-corrected chi connectivity index (χ2v) is 5.57. The highest BCUT2D eigenvalue weighted by Gasteiger charge is 2.14. The van der Waals surface area contributed by atoms with Gasteiger partial charge < -0.3 is 0 Å². The first-order chi connectivity index (χ1) is 11.7. The zero-order valence-electron chi connectivity index (χ0n) is 13.5. The van der Waals surface area contributed by atoms with Crippen molar-refractivity contribution in [1.82, 2.24) is 29.5 Å². The van der Waals surface area contributed by atoms with E-state index in [1.54, 1.807) is 10.9 Å². The van der Waals surface area contributed by atoms with Crippen molar-refractivity contribution in [1.29, 1.82) is 0 Å². The Kier molecular flexibility index (Phi) is 3.42. The third-order valence-electron chi connectivity index (χ3n) is 3.87. The van der Waals surface area contributed by atoms with E-state index in [-0.39, 0.29) is 0 Å². The molecule has 0 aliphatic rings. The molecule has 0 atom stereocenters. The van der Waals surface area contributed by atoms with E-state index in [2.05, 4.69) is 20.3 Å². The predicted molar refractivity (Wildman–Crippen MR) is 91.5 cm³/mol. The van der Waals surface area contributed by atoms with Crippen molar-refractivity contribution in [3.8, 4) is 28.3 Å². The van der Waals surface area contributed by atoms with E-state index >= 15 is 0 Å². The minimum absolute atomic E-state index is 0.726. The Morgan fingerprint density at radius 3 is 2.54 bits per heavy atom. The van der Waals surface area contributed by atoms with Gasteiger partial charge in [0.15, 0.2) is 5.82 Å². The van der Waals surface area contributed by atoms with Crippen LogP contribution >= 0.6 is 0 Å². The Labute approximate surface area is 139 Å². The number of benzene rings is 1. The summed E-state index contributed by atoms with van der Waals surface area (Å²) in [7, 11) is 1.90. The van der Waals surface area contributed by atoms with E-state index < -0.39 is 0 Å². The molecule has 0 radical (unpaired) electrons. The van der Waals surface area contributed by atoms with Gasteiger partial charge in [-0.25, -0.2) is 0 Å². The molecule has 3 heterocycles. The fourth-order valence-corrected chi connectivity index (χ4v) is 2.72. The molecule has 0 saturated heterocycles. The predicted octanol–water partition coefficient (Wildman–Crippen LogP) is 3.04. The first kappa shape index (κ1) is 14.3. The van der Waals surface area contributed by atoms with Crippen molar-refractivity contribution in [2.45, 2.75) is 6.92 Å². The molecule has 118 valence electrons. The van der Waals surface area contributed by atoms with Gasteiger partial charge in [0.1, 0.15) is 11.5 Å². The lowest BCUT2D eigenvalue weighted by molar-refractivity contribution is 0.768. The molecule has 6 nitrogen and oxygen atoms in total. The van der Waals surface area contributed by atoms with Crippen molar-refractivity contribution in [2.24, 2.45) is 7.05 Å². The second kappa shape index (κ2) is 5.73. The molecule has 0 fully saturated rings. The fraction of sp³-hybridized carbons (Fsp3) is 0.111. The van der Waals surface area contributed by atoms with Gasteiger partial charge in [-0.05, 0) is 36.8 Å². The zero-order chi connectivity index (χ0) is 16.5. The number of aromatic nitrogens is 6. The van der Waals surface area contributed by atoms with Crippen LogP contribution in [-0.4, -0.2) is 29.5 Å². The molecule has 3 aromatic heterocycles. The van der Waals surface area contributed by atoms with Crippen LogP contribution in [0.25, 0.3) is 28.3 Å². The third kappa shape index (κ3) is 2.48. The van der Waals surface area contributed by atoms with Crippen LogP contribution in [0.3, 0.4) is 0 Å². The van der Waals surface area contributed by atoms with Crippen LogP contribution in [0.5, 0.6) is 0 Å². The Hall–Kier alpha value is -3.28. The number of pyridine rings is 1. The normalized spacial score (nSPS) is 10.9. The minimum Gasteiger partial charge on any atom is -0.278 e. The number of aryl methyl sites for hydroxylation is 2. The van der Waals surface area contributed by atoms with Crippen LogP contribution in [0, 0.1) is 6.92 Å². The van der Waals surface area contributed by atoms with Crippen LogP contribution in [0.15, 0.2) is 61.1 Å². The lowest BCUT2D eigenvalue weighted by Crippen LogP contribution is -2.00. The molecule has 0 saturated carbocycles. The maximum atomic E-state index is 4.49. The Bertz CT molecular complexity index is 984. The monoisotopic (exact) mass is 316 g/mol. The molecular formula is C18H16N6. The molecule has 4 rings (SSSR count). The second-order valence-electron chi connectivity index (χ2n) is 5.57. The van der Waals surface area contributed by atoms with E-state index in [1.165, 1.54) is 0 Å². The molecule has 4 aromatic rings. The van der Waals surface area contributed by atoms with E-state index in [1.807, 2.05) is 73.4 Å². The summed E-state index contributed by atoms with van der Waals surface area (Å²) in [6.45, 7) is 1.94. The average molecular weight is 316 g/mol. The maximum absolute atomic E-state index is 4.49. The molecule has 0 bridgehead atoms. The highest BCUT2D eigenvalue weighted by Crippen LogP contribution is 2.25. The molecule has 0 amide bonds. The SMILES string of the molecule is Cc1nnc(-c2cc(-c3cnn(C)c3)ccn2)n1-c1ccccc1. The van der Waals surface area contributed by atoms with Crippen molar-refractivity contribution in [2.75, 3.05) is 0 Å². The summed E-state index contributed by atoms with van der Waals surface area (Å²) < 4.78 is 3.79. The lowest BCUT2D eigenvalue weighted by Gasteiger charge is -2.08. The topological polar surface area (TPSA) is 61.4 Å². The molecule has 0 N–H and O–H groups in total. The summed E-state index contributed by atoms with van der Waals surface area (Å²) in [5.41, 5.74) is 3.89. The van der Waals surface area contributed by atoms with Gasteiger partial charge in [-0.2, -0.15) is 5.10 Å². The van der Waals surface area contributed by atoms with Gasteiger partial charge in [0.2, 0.25) is 0 Å². The van der Waals surface area contributed by atoms with Gasteiger partial charge >= 0.3 is 0 Å². The standard InChI is InChI=1S/C18H16N6/c1-13-21-22-18(24(13)16-6-4-3-5-7-16)17-10-14(8-9-19-17)15-11-20-23(2)12-15/h3-12H,1-2H3. The summed E-state index contributed by atoms with van der Waals surface area (Å²) in [4.78, 5) is 4.49. The number of nitrogens with zero attached hydrogens (tertiary/aromatic N) is 6.